The van der Waals surface area contributed by atoms with Crippen LogP contribution in [-0.2, 0) is 16.5 Å². The minimum absolute atomic E-state index is 0.0718. The third-order valence-corrected chi connectivity index (χ3v) is 2.91. The minimum Gasteiger partial charge on any atom is -0.481 e. The number of alkyl halides is 3. The number of halogens is 4. The summed E-state index contributed by atoms with van der Waals surface area (Å²) in [6, 6.07) is 1.53. The molecule has 88 valence electrons. The quantitative estimate of drug-likeness (QED) is 0.663. The second-order valence-electron chi connectivity index (χ2n) is 2.97. The maximum atomic E-state index is 12.7. The summed E-state index contributed by atoms with van der Waals surface area (Å²) in [6.07, 6.45) is -3.24. The zero-order chi connectivity index (χ0) is 12.3. The zero-order valence-corrected chi connectivity index (χ0v) is 11.1. The first-order valence-corrected chi connectivity index (χ1v) is 6.11. The lowest BCUT2D eigenvalue weighted by Crippen LogP contribution is -2.09. The fourth-order valence-corrected chi connectivity index (χ4v) is 2.23. The van der Waals surface area contributed by atoms with Crippen LogP contribution in [0.1, 0.15) is 23.2 Å². The van der Waals surface area contributed by atoms with E-state index in [1.807, 2.05) is 0 Å². The highest BCUT2D eigenvalue weighted by Gasteiger charge is 2.20. The van der Waals surface area contributed by atoms with Crippen LogP contribution >= 0.6 is 31.9 Å². The first-order valence-electron chi connectivity index (χ1n) is 4.19. The normalized spacial score (nSPS) is 10.8. The van der Waals surface area contributed by atoms with Gasteiger partial charge in [-0.25, -0.2) is 13.8 Å². The van der Waals surface area contributed by atoms with E-state index in [-0.39, 0.29) is 10.2 Å². The number of aliphatic carboxylic acids is 1. The van der Waals surface area contributed by atoms with Gasteiger partial charge in [0.25, 0.3) is 6.43 Å². The van der Waals surface area contributed by atoms with E-state index in [2.05, 4.69) is 36.8 Å². The third-order valence-electron chi connectivity index (χ3n) is 1.90. The molecule has 0 aliphatic carbocycles. The van der Waals surface area contributed by atoms with E-state index in [1.54, 1.807) is 0 Å². The first-order chi connectivity index (χ1) is 7.45. The molecule has 0 saturated heterocycles. The molecule has 1 aromatic rings. The summed E-state index contributed by atoms with van der Waals surface area (Å²) in [6.45, 7) is 0. The summed E-state index contributed by atoms with van der Waals surface area (Å²) in [5, 5.41) is 8.96. The number of hydrogen-bond donors (Lipinski definition) is 1. The van der Waals surface area contributed by atoms with Crippen LogP contribution in [0.25, 0.3) is 0 Å². The van der Waals surface area contributed by atoms with Gasteiger partial charge in [0.1, 0.15) is 10.3 Å². The maximum Gasteiger partial charge on any atom is 0.307 e. The van der Waals surface area contributed by atoms with Crippen LogP contribution in [0.15, 0.2) is 10.7 Å². The van der Waals surface area contributed by atoms with Gasteiger partial charge in [-0.1, -0.05) is 15.9 Å². The van der Waals surface area contributed by atoms with E-state index in [1.165, 1.54) is 6.07 Å². The van der Waals surface area contributed by atoms with Crippen molar-refractivity contribution < 1.29 is 18.7 Å². The van der Waals surface area contributed by atoms with Gasteiger partial charge in [0.15, 0.2) is 0 Å². The molecule has 0 spiro atoms. The molecule has 0 saturated carbocycles. The van der Waals surface area contributed by atoms with E-state index in [0.29, 0.717) is 10.9 Å². The SMILES string of the molecule is O=C(O)Cc1c(CBr)cc(Br)nc1C(F)F. The molecule has 0 atom stereocenters. The number of rotatable bonds is 4. The molecule has 0 aromatic carbocycles. The van der Waals surface area contributed by atoms with Crippen molar-refractivity contribution >= 4 is 37.8 Å². The predicted octanol–water partition coefficient (Wildman–Crippen LogP) is 3.30. The van der Waals surface area contributed by atoms with Crippen LogP contribution in [0.2, 0.25) is 0 Å². The average Bonchev–Trinajstić information content (AvgIpc) is 2.19. The molecule has 0 radical (unpaired) electrons. The number of nitrogens with zero attached hydrogens (tertiary/aromatic N) is 1. The molecule has 0 fully saturated rings. The molecular weight excluding hydrogens is 352 g/mol. The lowest BCUT2D eigenvalue weighted by Gasteiger charge is -2.11. The Morgan fingerprint density at radius 1 is 1.56 bits per heavy atom. The van der Waals surface area contributed by atoms with Gasteiger partial charge in [-0.15, -0.1) is 0 Å². The Bertz CT molecular complexity index is 413. The Morgan fingerprint density at radius 3 is 2.62 bits per heavy atom. The molecule has 0 amide bonds. The van der Waals surface area contributed by atoms with Gasteiger partial charge in [0.05, 0.1) is 6.42 Å². The highest BCUT2D eigenvalue weighted by Crippen LogP contribution is 2.28. The highest BCUT2D eigenvalue weighted by molar-refractivity contribution is 9.10. The van der Waals surface area contributed by atoms with Crippen molar-refractivity contribution in [3.8, 4) is 0 Å². The summed E-state index contributed by atoms with van der Waals surface area (Å²) < 4.78 is 25.6. The van der Waals surface area contributed by atoms with Crippen molar-refractivity contribution in [2.75, 3.05) is 0 Å². The predicted molar refractivity (Wildman–Crippen MR) is 60.9 cm³/mol. The molecule has 3 nitrogen and oxygen atoms in total. The second kappa shape index (κ2) is 5.67. The monoisotopic (exact) mass is 357 g/mol. The van der Waals surface area contributed by atoms with Crippen molar-refractivity contribution in [3.05, 3.63) is 27.5 Å². The van der Waals surface area contributed by atoms with Crippen LogP contribution in [0.3, 0.4) is 0 Å². The number of aromatic nitrogens is 1. The molecule has 1 heterocycles. The molecule has 0 bridgehead atoms. The van der Waals surface area contributed by atoms with E-state index in [4.69, 9.17) is 5.11 Å². The van der Waals surface area contributed by atoms with Crippen LogP contribution in [0.4, 0.5) is 8.78 Å². The standard InChI is InChI=1S/C9H7Br2F2NO2/c10-3-4-1-6(11)14-8(9(12)13)5(4)2-7(15)16/h1,9H,2-3H2,(H,15,16). The highest BCUT2D eigenvalue weighted by atomic mass is 79.9. The fourth-order valence-electron chi connectivity index (χ4n) is 1.27. The van der Waals surface area contributed by atoms with Crippen molar-refractivity contribution in [2.45, 2.75) is 18.2 Å². The number of carboxylic acids is 1. The number of carboxylic acid groups (broad SMARTS) is 1. The largest absolute Gasteiger partial charge is 0.481 e. The van der Waals surface area contributed by atoms with Gasteiger partial charge in [-0.05, 0) is 33.1 Å². The van der Waals surface area contributed by atoms with Crippen LogP contribution in [0.5, 0.6) is 0 Å². The number of hydrogen-bond acceptors (Lipinski definition) is 2. The van der Waals surface area contributed by atoms with Crippen molar-refractivity contribution in [1.29, 1.82) is 0 Å². The molecule has 1 N–H and O–H groups in total. The van der Waals surface area contributed by atoms with Gasteiger partial charge in [-0.3, -0.25) is 4.79 Å². The minimum atomic E-state index is -2.79. The summed E-state index contributed by atoms with van der Waals surface area (Å²) in [5.41, 5.74) is 0.0911. The number of carbonyl (C=O) groups is 1. The van der Waals surface area contributed by atoms with Crippen LogP contribution in [-0.4, -0.2) is 16.1 Å². The van der Waals surface area contributed by atoms with E-state index >= 15 is 0 Å². The fraction of sp³-hybridized carbons (Fsp3) is 0.333. The Hall–Kier alpha value is -0.560. The molecule has 0 unspecified atom stereocenters. The van der Waals surface area contributed by atoms with E-state index in [0.717, 1.165) is 0 Å². The summed E-state index contributed by atoms with van der Waals surface area (Å²) >= 11 is 6.14. The topological polar surface area (TPSA) is 50.2 Å². The summed E-state index contributed by atoms with van der Waals surface area (Å²) in [7, 11) is 0. The lowest BCUT2D eigenvalue weighted by molar-refractivity contribution is -0.136. The van der Waals surface area contributed by atoms with E-state index < -0.39 is 24.5 Å². The summed E-state index contributed by atoms with van der Waals surface area (Å²) in [5.74, 6) is -1.16. The van der Waals surface area contributed by atoms with Gasteiger partial charge < -0.3 is 5.11 Å². The molecular formula is C9H7Br2F2NO2. The molecule has 1 aromatic heterocycles. The maximum absolute atomic E-state index is 12.7. The molecule has 0 aliphatic rings. The van der Waals surface area contributed by atoms with Crippen molar-refractivity contribution in [1.82, 2.24) is 4.98 Å². The third kappa shape index (κ3) is 3.21. The molecule has 1 rings (SSSR count). The second-order valence-corrected chi connectivity index (χ2v) is 4.35. The molecule has 16 heavy (non-hydrogen) atoms. The van der Waals surface area contributed by atoms with Crippen molar-refractivity contribution in [3.63, 3.8) is 0 Å². The van der Waals surface area contributed by atoms with Gasteiger partial charge in [-0.2, -0.15) is 0 Å². The Kier molecular flexibility index (Phi) is 4.79. The summed E-state index contributed by atoms with van der Waals surface area (Å²) in [4.78, 5) is 14.2. The van der Waals surface area contributed by atoms with Crippen LogP contribution < -0.4 is 0 Å². The lowest BCUT2D eigenvalue weighted by atomic mass is 10.0. The smallest absolute Gasteiger partial charge is 0.307 e. The van der Waals surface area contributed by atoms with E-state index in [9.17, 15) is 13.6 Å². The average molecular weight is 359 g/mol. The van der Waals surface area contributed by atoms with Gasteiger partial charge >= 0.3 is 5.97 Å². The Morgan fingerprint density at radius 2 is 2.19 bits per heavy atom. The molecule has 7 heteroatoms. The number of pyridine rings is 1. The Balaban J connectivity index is 3.32. The van der Waals surface area contributed by atoms with Gasteiger partial charge in [0.2, 0.25) is 0 Å². The Labute approximate surface area is 107 Å². The molecule has 0 aliphatic heterocycles. The van der Waals surface area contributed by atoms with Crippen molar-refractivity contribution in [2.24, 2.45) is 0 Å². The van der Waals surface area contributed by atoms with Gasteiger partial charge in [0, 0.05) is 5.33 Å². The zero-order valence-electron chi connectivity index (χ0n) is 7.88. The first kappa shape index (κ1) is 13.5. The van der Waals surface area contributed by atoms with Crippen LogP contribution in [0, 0.1) is 0 Å².